The summed E-state index contributed by atoms with van der Waals surface area (Å²) in [4.78, 5) is 23.8. The van der Waals surface area contributed by atoms with Crippen LogP contribution in [0.5, 0.6) is 0 Å². The van der Waals surface area contributed by atoms with Gasteiger partial charge < -0.3 is 10.6 Å². The van der Waals surface area contributed by atoms with Gasteiger partial charge in [0, 0.05) is 29.4 Å². The number of hydrogen-bond acceptors (Lipinski definition) is 4. The molecular weight excluding hydrogens is 414 g/mol. The summed E-state index contributed by atoms with van der Waals surface area (Å²) in [5, 5.41) is 5.40. The first-order valence-corrected chi connectivity index (χ1v) is 10.7. The van der Waals surface area contributed by atoms with Crippen LogP contribution in [0.15, 0.2) is 41.3 Å². The molecule has 0 aliphatic heterocycles. The topological polar surface area (TPSA) is 104 Å². The Bertz CT molecular complexity index is 1060. The molecule has 0 saturated carbocycles. The van der Waals surface area contributed by atoms with Crippen LogP contribution in [0.2, 0.25) is 5.02 Å². The molecule has 0 aromatic heterocycles. The lowest BCUT2D eigenvalue weighted by molar-refractivity contribution is -0.114. The molecule has 0 spiro atoms. The van der Waals surface area contributed by atoms with E-state index in [2.05, 4.69) is 15.4 Å². The van der Waals surface area contributed by atoms with Crippen LogP contribution in [0.1, 0.15) is 43.6 Å². The zero-order valence-corrected chi connectivity index (χ0v) is 18.5. The third kappa shape index (κ3) is 6.28. The van der Waals surface area contributed by atoms with Crippen LogP contribution in [-0.4, -0.2) is 25.8 Å². The molecule has 0 radical (unpaired) electrons. The molecule has 0 aliphatic carbocycles. The SMILES string of the molecule is CC(=O)Nc1ccc(C)c(NC(=O)c2ccc(Cl)c(S(=O)(=O)NC(C)(C)C)c2)c1. The average molecular weight is 438 g/mol. The quantitative estimate of drug-likeness (QED) is 0.658. The van der Waals surface area contributed by atoms with Crippen molar-refractivity contribution in [2.45, 2.75) is 45.1 Å². The van der Waals surface area contributed by atoms with Crippen LogP contribution in [0.25, 0.3) is 0 Å². The van der Waals surface area contributed by atoms with Crippen molar-refractivity contribution < 1.29 is 18.0 Å². The van der Waals surface area contributed by atoms with Crippen LogP contribution in [-0.2, 0) is 14.8 Å². The number of nitrogens with one attached hydrogen (secondary N) is 3. The average Bonchev–Trinajstić information content (AvgIpc) is 2.55. The molecule has 0 unspecified atom stereocenters. The summed E-state index contributed by atoms with van der Waals surface area (Å²) in [6.45, 7) is 8.32. The van der Waals surface area contributed by atoms with Gasteiger partial charge in [0.25, 0.3) is 5.91 Å². The molecule has 0 fully saturated rings. The number of benzene rings is 2. The van der Waals surface area contributed by atoms with E-state index in [9.17, 15) is 18.0 Å². The molecular formula is C20H24ClN3O4S. The number of carbonyl (C=O) groups is 2. The van der Waals surface area contributed by atoms with Gasteiger partial charge in [-0.1, -0.05) is 17.7 Å². The van der Waals surface area contributed by atoms with Crippen molar-refractivity contribution in [3.8, 4) is 0 Å². The van der Waals surface area contributed by atoms with Crippen LogP contribution in [0, 0.1) is 6.92 Å². The summed E-state index contributed by atoms with van der Waals surface area (Å²) in [7, 11) is -3.92. The zero-order chi connectivity index (χ0) is 22.0. The Morgan fingerprint density at radius 3 is 2.24 bits per heavy atom. The Kier molecular flexibility index (Phi) is 6.72. The molecule has 3 N–H and O–H groups in total. The number of halogens is 1. The van der Waals surface area contributed by atoms with E-state index in [4.69, 9.17) is 11.6 Å². The third-order valence-electron chi connectivity index (χ3n) is 3.73. The number of rotatable bonds is 5. The van der Waals surface area contributed by atoms with E-state index >= 15 is 0 Å². The molecule has 156 valence electrons. The van der Waals surface area contributed by atoms with Crippen LogP contribution < -0.4 is 15.4 Å². The molecule has 0 atom stereocenters. The Hall–Kier alpha value is -2.42. The Morgan fingerprint density at radius 1 is 1.00 bits per heavy atom. The van der Waals surface area contributed by atoms with Gasteiger partial charge in [0.15, 0.2) is 0 Å². The summed E-state index contributed by atoms with van der Waals surface area (Å²) < 4.78 is 27.8. The minimum Gasteiger partial charge on any atom is -0.326 e. The molecule has 0 heterocycles. The molecule has 0 bridgehead atoms. The largest absolute Gasteiger partial charge is 0.326 e. The number of anilines is 2. The minimum atomic E-state index is -3.92. The maximum Gasteiger partial charge on any atom is 0.255 e. The predicted molar refractivity (Wildman–Crippen MR) is 115 cm³/mol. The van der Waals surface area contributed by atoms with Gasteiger partial charge in [-0.25, -0.2) is 13.1 Å². The molecule has 2 aromatic carbocycles. The smallest absolute Gasteiger partial charge is 0.255 e. The Balaban J connectivity index is 2.35. The maximum atomic E-state index is 12.7. The fourth-order valence-electron chi connectivity index (χ4n) is 2.54. The highest BCUT2D eigenvalue weighted by atomic mass is 35.5. The van der Waals surface area contributed by atoms with Gasteiger partial charge in [0.2, 0.25) is 15.9 Å². The molecule has 0 aliphatic rings. The predicted octanol–water partition coefficient (Wildman–Crippen LogP) is 3.94. The monoisotopic (exact) mass is 437 g/mol. The molecule has 2 amide bonds. The maximum absolute atomic E-state index is 12.7. The van der Waals surface area contributed by atoms with Crippen molar-refractivity contribution in [3.63, 3.8) is 0 Å². The van der Waals surface area contributed by atoms with Gasteiger partial charge >= 0.3 is 0 Å². The lowest BCUT2D eigenvalue weighted by atomic mass is 10.1. The molecule has 7 nitrogen and oxygen atoms in total. The van der Waals surface area contributed by atoms with Crippen molar-refractivity contribution >= 4 is 44.8 Å². The highest BCUT2D eigenvalue weighted by Gasteiger charge is 2.25. The second kappa shape index (κ2) is 8.52. The van der Waals surface area contributed by atoms with E-state index in [0.717, 1.165) is 5.56 Å². The van der Waals surface area contributed by atoms with E-state index in [-0.39, 0.29) is 21.4 Å². The fraction of sp³-hybridized carbons (Fsp3) is 0.300. The van der Waals surface area contributed by atoms with E-state index in [0.29, 0.717) is 11.4 Å². The summed E-state index contributed by atoms with van der Waals surface area (Å²) >= 11 is 6.08. The van der Waals surface area contributed by atoms with Crippen molar-refractivity contribution in [1.82, 2.24) is 4.72 Å². The summed E-state index contributed by atoms with van der Waals surface area (Å²) in [5.74, 6) is -0.734. The van der Waals surface area contributed by atoms with Gasteiger partial charge in [-0.2, -0.15) is 0 Å². The minimum absolute atomic E-state index is 0.0159. The molecule has 9 heteroatoms. The first kappa shape index (κ1) is 22.9. The molecule has 2 aromatic rings. The van der Waals surface area contributed by atoms with Crippen molar-refractivity contribution in [1.29, 1.82) is 0 Å². The lowest BCUT2D eigenvalue weighted by Crippen LogP contribution is -2.40. The Morgan fingerprint density at radius 2 is 1.66 bits per heavy atom. The highest BCUT2D eigenvalue weighted by Crippen LogP contribution is 2.26. The summed E-state index contributed by atoms with van der Waals surface area (Å²) in [6.07, 6.45) is 0. The third-order valence-corrected chi connectivity index (χ3v) is 5.97. The summed E-state index contributed by atoms with van der Waals surface area (Å²) in [6, 6.07) is 9.15. The molecule has 29 heavy (non-hydrogen) atoms. The van der Waals surface area contributed by atoms with E-state index in [1.165, 1.54) is 25.1 Å². The molecule has 0 saturated heterocycles. The van der Waals surface area contributed by atoms with Crippen LogP contribution >= 0.6 is 11.6 Å². The first-order chi connectivity index (χ1) is 13.3. The number of hydrogen-bond donors (Lipinski definition) is 3. The van der Waals surface area contributed by atoms with Crippen molar-refractivity contribution in [2.24, 2.45) is 0 Å². The number of aryl methyl sites for hydroxylation is 1. The van der Waals surface area contributed by atoms with Crippen molar-refractivity contribution in [3.05, 3.63) is 52.5 Å². The Labute approximate surface area is 175 Å². The van der Waals surface area contributed by atoms with Crippen LogP contribution in [0.4, 0.5) is 11.4 Å². The van der Waals surface area contributed by atoms with Gasteiger partial charge in [-0.15, -0.1) is 0 Å². The summed E-state index contributed by atoms with van der Waals surface area (Å²) in [5.41, 5.74) is 1.24. The second-order valence-corrected chi connectivity index (χ2v) is 9.72. The zero-order valence-electron chi connectivity index (χ0n) is 16.9. The fourth-order valence-corrected chi connectivity index (χ4v) is 4.49. The van der Waals surface area contributed by atoms with E-state index < -0.39 is 21.5 Å². The standard InChI is InChI=1S/C20H24ClN3O4S/c1-12-6-8-15(22-13(2)25)11-17(12)23-19(26)14-7-9-16(21)18(10-14)29(27,28)24-20(3,4)5/h6-11,24H,1-5H3,(H,22,25)(H,23,26). The second-order valence-electron chi connectivity index (χ2n) is 7.67. The van der Waals surface area contributed by atoms with E-state index in [1.54, 1.807) is 45.9 Å². The first-order valence-electron chi connectivity index (χ1n) is 8.81. The van der Waals surface area contributed by atoms with Gasteiger partial charge in [-0.3, -0.25) is 9.59 Å². The van der Waals surface area contributed by atoms with Gasteiger partial charge in [0.05, 0.1) is 5.02 Å². The molecule has 2 rings (SSSR count). The number of carbonyl (C=O) groups excluding carboxylic acids is 2. The highest BCUT2D eigenvalue weighted by molar-refractivity contribution is 7.89. The number of sulfonamides is 1. The van der Waals surface area contributed by atoms with E-state index in [1.807, 2.05) is 0 Å². The normalized spacial score (nSPS) is 11.8. The van der Waals surface area contributed by atoms with Crippen molar-refractivity contribution in [2.75, 3.05) is 10.6 Å². The van der Waals surface area contributed by atoms with Gasteiger partial charge in [-0.05, 0) is 63.6 Å². The number of amides is 2. The van der Waals surface area contributed by atoms with Gasteiger partial charge in [0.1, 0.15) is 4.90 Å². The van der Waals surface area contributed by atoms with Crippen LogP contribution in [0.3, 0.4) is 0 Å². The lowest BCUT2D eigenvalue weighted by Gasteiger charge is -2.21.